The summed E-state index contributed by atoms with van der Waals surface area (Å²) in [5, 5.41) is 8.97. The second-order valence-electron chi connectivity index (χ2n) is 6.30. The van der Waals surface area contributed by atoms with Crippen LogP contribution in [-0.4, -0.2) is 60.5 Å². The summed E-state index contributed by atoms with van der Waals surface area (Å²) in [6.45, 7) is 0.809. The minimum absolute atomic E-state index is 0.0269. The Morgan fingerprint density at radius 3 is 2.56 bits per heavy atom. The fourth-order valence-corrected chi connectivity index (χ4v) is 3.67. The molecule has 1 aliphatic heterocycles. The molecule has 10 nitrogen and oxygen atoms in total. The van der Waals surface area contributed by atoms with E-state index in [0.29, 0.717) is 0 Å². The number of thioether (sulfide) groups is 1. The molecule has 0 radical (unpaired) electrons. The predicted octanol–water partition coefficient (Wildman–Crippen LogP) is 4.68. The number of carbonyl (C=O) groups is 2. The highest BCUT2D eigenvalue weighted by Gasteiger charge is 2.49. The van der Waals surface area contributed by atoms with Crippen molar-refractivity contribution in [2.24, 2.45) is 0 Å². The molecule has 1 unspecified atom stereocenters. The van der Waals surface area contributed by atoms with Crippen LogP contribution in [-0.2, 0) is 23.8 Å². The number of nitrogens with zero attached hydrogens (tertiary/aromatic N) is 1. The highest BCUT2D eigenvalue weighted by Crippen LogP contribution is 2.42. The molecule has 2 rings (SSSR count). The van der Waals surface area contributed by atoms with Crippen LogP contribution < -0.4 is 4.74 Å². The summed E-state index contributed by atoms with van der Waals surface area (Å²) in [6.07, 6.45) is -9.63. The Balaban J connectivity index is 1.92. The smallest absolute Gasteiger partial charge is 0.474 e. The zero-order chi connectivity index (χ0) is 25.5. The second-order valence-corrected chi connectivity index (χ2v) is 8.37. The third-order valence-electron chi connectivity index (χ3n) is 3.81. The minimum Gasteiger partial charge on any atom is -0.474 e. The SMILES string of the molecule is CC(OC(=O)OCCSCCO[N+](=O)[O-])OC(=O)C1=Cc2cc(Cl)cc(Cl)c2O[C@@H]1C(F)(F)F. The average molecular weight is 550 g/mol. The summed E-state index contributed by atoms with van der Waals surface area (Å²) >= 11 is 12.9. The van der Waals surface area contributed by atoms with Crippen molar-refractivity contribution in [1.82, 2.24) is 0 Å². The first kappa shape index (κ1) is 27.7. The molecule has 0 spiro atoms. The maximum atomic E-state index is 13.5. The topological polar surface area (TPSA) is 123 Å². The summed E-state index contributed by atoms with van der Waals surface area (Å²) in [6, 6.07) is 2.44. The van der Waals surface area contributed by atoms with Crippen molar-refractivity contribution >= 4 is 53.2 Å². The summed E-state index contributed by atoms with van der Waals surface area (Å²) in [4.78, 5) is 38.1. The molecule has 0 amide bonds. The Morgan fingerprint density at radius 1 is 1.24 bits per heavy atom. The van der Waals surface area contributed by atoms with Crippen LogP contribution in [0.15, 0.2) is 17.7 Å². The van der Waals surface area contributed by atoms with Gasteiger partial charge in [-0.05, 0) is 18.2 Å². The molecule has 1 aliphatic rings. The van der Waals surface area contributed by atoms with E-state index in [1.54, 1.807) is 0 Å². The number of halogens is 5. The minimum atomic E-state index is -4.99. The molecule has 2 atom stereocenters. The molecule has 16 heteroatoms. The van der Waals surface area contributed by atoms with Gasteiger partial charge in [0.05, 0.1) is 10.6 Å². The first-order valence-electron chi connectivity index (χ1n) is 9.22. The van der Waals surface area contributed by atoms with Crippen molar-refractivity contribution in [3.05, 3.63) is 43.4 Å². The number of benzene rings is 1. The van der Waals surface area contributed by atoms with Gasteiger partial charge in [0.25, 0.3) is 5.09 Å². The summed E-state index contributed by atoms with van der Waals surface area (Å²) in [7, 11) is 0. The predicted molar refractivity (Wildman–Crippen MR) is 113 cm³/mol. The molecular weight excluding hydrogens is 534 g/mol. The molecule has 0 N–H and O–H groups in total. The maximum absolute atomic E-state index is 13.5. The first-order chi connectivity index (χ1) is 15.9. The highest BCUT2D eigenvalue weighted by atomic mass is 35.5. The number of hydrogen-bond donors (Lipinski definition) is 0. The van der Waals surface area contributed by atoms with Crippen LogP contribution in [0, 0.1) is 10.1 Å². The van der Waals surface area contributed by atoms with E-state index in [0.717, 1.165) is 13.0 Å². The third kappa shape index (κ3) is 8.33. The van der Waals surface area contributed by atoms with Gasteiger partial charge in [0.1, 0.15) is 19.0 Å². The average Bonchev–Trinajstić information content (AvgIpc) is 2.70. The third-order valence-corrected chi connectivity index (χ3v) is 5.22. The second kappa shape index (κ2) is 12.2. The van der Waals surface area contributed by atoms with E-state index in [1.807, 2.05) is 0 Å². The van der Waals surface area contributed by atoms with Crippen LogP contribution in [0.3, 0.4) is 0 Å². The van der Waals surface area contributed by atoms with Gasteiger partial charge in [0.15, 0.2) is 0 Å². The van der Waals surface area contributed by atoms with Crippen molar-refractivity contribution in [2.45, 2.75) is 25.5 Å². The zero-order valence-electron chi connectivity index (χ0n) is 17.1. The maximum Gasteiger partial charge on any atom is 0.511 e. The largest absolute Gasteiger partial charge is 0.511 e. The number of esters is 1. The van der Waals surface area contributed by atoms with Gasteiger partial charge in [-0.25, -0.2) is 9.59 Å². The molecule has 188 valence electrons. The van der Waals surface area contributed by atoms with Gasteiger partial charge in [-0.1, -0.05) is 23.2 Å². The van der Waals surface area contributed by atoms with Crippen LogP contribution in [0.4, 0.5) is 18.0 Å². The molecule has 1 heterocycles. The van der Waals surface area contributed by atoms with Crippen molar-refractivity contribution < 1.29 is 51.6 Å². The van der Waals surface area contributed by atoms with E-state index >= 15 is 0 Å². The van der Waals surface area contributed by atoms with Gasteiger partial charge in [0.2, 0.25) is 12.4 Å². The standard InChI is InChI=1S/C18H16Cl2F3NO9S/c1-9(32-17(26)29-2-4-34-5-3-30-24(27)28)31-16(25)12-7-10-6-11(19)8-13(20)14(10)33-15(12)18(21,22)23/h6-9,15H,2-5H2,1H3/t9?,15-/m0/s1. The van der Waals surface area contributed by atoms with Crippen molar-refractivity contribution in [3.8, 4) is 5.75 Å². The van der Waals surface area contributed by atoms with Crippen molar-refractivity contribution in [2.75, 3.05) is 24.7 Å². The number of rotatable bonds is 10. The molecule has 0 aliphatic carbocycles. The quantitative estimate of drug-likeness (QED) is 0.133. The number of alkyl halides is 3. The fraction of sp³-hybridized carbons (Fsp3) is 0.444. The fourth-order valence-electron chi connectivity index (χ4n) is 2.51. The van der Waals surface area contributed by atoms with E-state index in [2.05, 4.69) is 9.57 Å². The van der Waals surface area contributed by atoms with E-state index in [4.69, 9.17) is 37.4 Å². The van der Waals surface area contributed by atoms with Crippen LogP contribution in [0.2, 0.25) is 10.0 Å². The molecule has 0 bridgehead atoms. The Labute approximate surface area is 204 Å². The molecule has 1 aromatic carbocycles. The van der Waals surface area contributed by atoms with Gasteiger partial charge in [-0.15, -0.1) is 10.1 Å². The first-order valence-corrected chi connectivity index (χ1v) is 11.1. The van der Waals surface area contributed by atoms with E-state index in [-0.39, 0.29) is 46.1 Å². The molecule has 34 heavy (non-hydrogen) atoms. The van der Waals surface area contributed by atoms with E-state index in [1.165, 1.54) is 23.9 Å². The normalized spacial score (nSPS) is 15.8. The lowest BCUT2D eigenvalue weighted by Gasteiger charge is -2.29. The monoisotopic (exact) mass is 549 g/mol. The number of carbonyl (C=O) groups excluding carboxylic acids is 2. The molecule has 0 saturated heterocycles. The lowest BCUT2D eigenvalue weighted by Crippen LogP contribution is -2.41. The van der Waals surface area contributed by atoms with Crippen LogP contribution >= 0.6 is 35.0 Å². The van der Waals surface area contributed by atoms with Gasteiger partial charge in [-0.3, -0.25) is 0 Å². The highest BCUT2D eigenvalue weighted by molar-refractivity contribution is 7.99. The van der Waals surface area contributed by atoms with E-state index < -0.39 is 41.4 Å². The molecule has 1 aromatic rings. The van der Waals surface area contributed by atoms with Gasteiger partial charge in [0, 0.05) is 29.0 Å². The Kier molecular flexibility index (Phi) is 9.94. The zero-order valence-corrected chi connectivity index (χ0v) is 19.5. The van der Waals surface area contributed by atoms with Crippen LogP contribution in [0.5, 0.6) is 5.75 Å². The van der Waals surface area contributed by atoms with Crippen LogP contribution in [0.25, 0.3) is 6.08 Å². The number of ether oxygens (including phenoxy) is 4. The van der Waals surface area contributed by atoms with Gasteiger partial charge < -0.3 is 23.8 Å². The molecule has 0 fully saturated rings. The molecule has 0 saturated carbocycles. The van der Waals surface area contributed by atoms with Crippen LogP contribution in [0.1, 0.15) is 12.5 Å². The lowest BCUT2D eigenvalue weighted by molar-refractivity contribution is -0.756. The van der Waals surface area contributed by atoms with E-state index in [9.17, 15) is 32.9 Å². The number of hydrogen-bond acceptors (Lipinski definition) is 10. The number of fused-ring (bicyclic) bond motifs is 1. The van der Waals surface area contributed by atoms with Crippen molar-refractivity contribution in [3.63, 3.8) is 0 Å². The lowest BCUT2D eigenvalue weighted by atomic mass is 10.0. The van der Waals surface area contributed by atoms with Crippen molar-refractivity contribution in [1.29, 1.82) is 0 Å². The van der Waals surface area contributed by atoms with Gasteiger partial charge in [-0.2, -0.15) is 24.9 Å². The Bertz CT molecular complexity index is 961. The molecular formula is C18H16Cl2F3NO9S. The summed E-state index contributed by atoms with van der Waals surface area (Å²) in [5.74, 6) is -1.23. The summed E-state index contributed by atoms with van der Waals surface area (Å²) in [5.41, 5.74) is -0.880. The Hall–Kier alpha value is -2.58. The Morgan fingerprint density at radius 2 is 1.91 bits per heavy atom. The summed E-state index contributed by atoms with van der Waals surface area (Å²) < 4.78 is 59.6. The molecule has 0 aromatic heterocycles. The van der Waals surface area contributed by atoms with Gasteiger partial charge >= 0.3 is 18.3 Å².